The highest BCUT2D eigenvalue weighted by molar-refractivity contribution is 7.89. The first kappa shape index (κ1) is 17.1. The first-order chi connectivity index (χ1) is 9.41. The first-order valence-corrected chi connectivity index (χ1v) is 8.49. The van der Waals surface area contributed by atoms with Crippen LogP contribution in [-0.4, -0.2) is 49.7 Å². The van der Waals surface area contributed by atoms with E-state index < -0.39 is 10.0 Å². The Morgan fingerprint density at radius 1 is 1.50 bits per heavy atom. The molecule has 0 fully saturated rings. The highest BCUT2D eigenvalue weighted by Crippen LogP contribution is 2.15. The standard InChI is InChI=1S/C13H26N4O2S/c1-5-12(2)10-16(4)20(18,19)13-9-15-17(11-13)8-6-7-14-3/h9,11-12,14H,5-8,10H2,1-4H3. The Morgan fingerprint density at radius 3 is 2.80 bits per heavy atom. The number of aryl methyl sites for hydroxylation is 1. The average molecular weight is 302 g/mol. The molecule has 1 N–H and O–H groups in total. The van der Waals surface area contributed by atoms with Crippen LogP contribution < -0.4 is 5.32 Å². The summed E-state index contributed by atoms with van der Waals surface area (Å²) in [7, 11) is 0.0970. The molecule has 1 atom stereocenters. The molecular formula is C13H26N4O2S. The molecule has 0 saturated carbocycles. The third-order valence-corrected chi connectivity index (χ3v) is 5.17. The predicted molar refractivity (Wildman–Crippen MR) is 80.0 cm³/mol. The number of hydrogen-bond acceptors (Lipinski definition) is 4. The number of aromatic nitrogens is 2. The minimum absolute atomic E-state index is 0.271. The van der Waals surface area contributed by atoms with Crippen molar-refractivity contribution in [1.82, 2.24) is 19.4 Å². The maximum atomic E-state index is 12.4. The Kier molecular flexibility index (Phi) is 6.64. The molecule has 0 aliphatic heterocycles. The highest BCUT2D eigenvalue weighted by Gasteiger charge is 2.23. The summed E-state index contributed by atoms with van der Waals surface area (Å²) in [4.78, 5) is 0.271. The van der Waals surface area contributed by atoms with E-state index >= 15 is 0 Å². The lowest BCUT2D eigenvalue weighted by molar-refractivity contribution is 0.393. The predicted octanol–water partition coefficient (Wildman–Crippen LogP) is 1.16. The fourth-order valence-electron chi connectivity index (χ4n) is 1.86. The summed E-state index contributed by atoms with van der Waals surface area (Å²) in [6, 6.07) is 0. The molecular weight excluding hydrogens is 276 g/mol. The molecule has 0 amide bonds. The van der Waals surface area contributed by atoms with Crippen LogP contribution in [0.15, 0.2) is 17.3 Å². The van der Waals surface area contributed by atoms with Crippen LogP contribution in [0, 0.1) is 5.92 Å². The molecule has 0 spiro atoms. The third-order valence-electron chi connectivity index (χ3n) is 3.40. The molecule has 0 aromatic carbocycles. The monoisotopic (exact) mass is 302 g/mol. The van der Waals surface area contributed by atoms with Crippen molar-refractivity contribution >= 4 is 10.0 Å². The molecule has 1 unspecified atom stereocenters. The quantitative estimate of drug-likeness (QED) is 0.695. The van der Waals surface area contributed by atoms with E-state index in [2.05, 4.69) is 17.3 Å². The summed E-state index contributed by atoms with van der Waals surface area (Å²) >= 11 is 0. The van der Waals surface area contributed by atoms with E-state index in [0.717, 1.165) is 19.4 Å². The van der Waals surface area contributed by atoms with Crippen molar-refractivity contribution in [2.24, 2.45) is 5.92 Å². The van der Waals surface area contributed by atoms with Crippen molar-refractivity contribution in [2.45, 2.75) is 38.1 Å². The van der Waals surface area contributed by atoms with E-state index in [1.165, 1.54) is 10.5 Å². The lowest BCUT2D eigenvalue weighted by Gasteiger charge is -2.19. The van der Waals surface area contributed by atoms with Crippen LogP contribution in [0.2, 0.25) is 0 Å². The van der Waals surface area contributed by atoms with E-state index in [0.29, 0.717) is 19.0 Å². The average Bonchev–Trinajstić information content (AvgIpc) is 2.88. The maximum absolute atomic E-state index is 12.4. The molecule has 6 nitrogen and oxygen atoms in total. The van der Waals surface area contributed by atoms with Gasteiger partial charge in [-0.05, 0) is 25.9 Å². The van der Waals surface area contributed by atoms with Gasteiger partial charge in [-0.15, -0.1) is 0 Å². The number of hydrogen-bond donors (Lipinski definition) is 1. The van der Waals surface area contributed by atoms with Gasteiger partial charge in [-0.3, -0.25) is 4.68 Å². The molecule has 116 valence electrons. The van der Waals surface area contributed by atoms with E-state index in [4.69, 9.17) is 0 Å². The Labute approximate surface area is 122 Å². The van der Waals surface area contributed by atoms with Crippen molar-refractivity contribution in [3.63, 3.8) is 0 Å². The minimum Gasteiger partial charge on any atom is -0.320 e. The highest BCUT2D eigenvalue weighted by atomic mass is 32.2. The lowest BCUT2D eigenvalue weighted by Crippen LogP contribution is -2.30. The van der Waals surface area contributed by atoms with Crippen LogP contribution in [-0.2, 0) is 16.6 Å². The van der Waals surface area contributed by atoms with Crippen molar-refractivity contribution in [2.75, 3.05) is 27.2 Å². The Hall–Kier alpha value is -0.920. The van der Waals surface area contributed by atoms with Gasteiger partial charge in [0.15, 0.2) is 0 Å². The molecule has 1 aromatic rings. The molecule has 20 heavy (non-hydrogen) atoms. The third kappa shape index (κ3) is 4.57. The number of nitrogens with zero attached hydrogens (tertiary/aromatic N) is 3. The van der Waals surface area contributed by atoms with E-state index in [1.807, 2.05) is 14.0 Å². The lowest BCUT2D eigenvalue weighted by atomic mass is 10.1. The van der Waals surface area contributed by atoms with Crippen LogP contribution >= 0.6 is 0 Å². The van der Waals surface area contributed by atoms with E-state index in [-0.39, 0.29) is 4.90 Å². The van der Waals surface area contributed by atoms with Gasteiger partial charge in [-0.1, -0.05) is 20.3 Å². The second-order valence-corrected chi connectivity index (χ2v) is 7.24. The normalized spacial score (nSPS) is 13.8. The fourth-order valence-corrected chi connectivity index (χ4v) is 3.11. The van der Waals surface area contributed by atoms with Crippen molar-refractivity contribution < 1.29 is 8.42 Å². The summed E-state index contributed by atoms with van der Waals surface area (Å²) in [6.45, 7) is 6.24. The summed E-state index contributed by atoms with van der Waals surface area (Å²) in [5, 5.41) is 7.17. The zero-order valence-electron chi connectivity index (χ0n) is 12.8. The molecule has 0 radical (unpaired) electrons. The number of sulfonamides is 1. The van der Waals surface area contributed by atoms with Gasteiger partial charge in [-0.25, -0.2) is 12.7 Å². The summed E-state index contributed by atoms with van der Waals surface area (Å²) in [5.41, 5.74) is 0. The van der Waals surface area contributed by atoms with Gasteiger partial charge in [0.1, 0.15) is 4.90 Å². The van der Waals surface area contributed by atoms with E-state index in [1.54, 1.807) is 17.9 Å². The van der Waals surface area contributed by atoms with Crippen molar-refractivity contribution in [1.29, 1.82) is 0 Å². The minimum atomic E-state index is -3.42. The Balaban J connectivity index is 2.72. The fraction of sp³-hybridized carbons (Fsp3) is 0.769. The molecule has 0 bridgehead atoms. The zero-order valence-corrected chi connectivity index (χ0v) is 13.7. The summed E-state index contributed by atoms with van der Waals surface area (Å²) < 4.78 is 27.9. The van der Waals surface area contributed by atoms with Crippen LogP contribution in [0.3, 0.4) is 0 Å². The van der Waals surface area contributed by atoms with Gasteiger partial charge >= 0.3 is 0 Å². The number of rotatable bonds is 9. The van der Waals surface area contributed by atoms with Crippen molar-refractivity contribution in [3.05, 3.63) is 12.4 Å². The van der Waals surface area contributed by atoms with Crippen LogP contribution in [0.1, 0.15) is 26.7 Å². The second kappa shape index (κ2) is 7.75. The molecule has 1 aromatic heterocycles. The molecule has 1 rings (SSSR count). The second-order valence-electron chi connectivity index (χ2n) is 5.20. The molecule has 0 aliphatic carbocycles. The summed E-state index contributed by atoms with van der Waals surface area (Å²) in [5.74, 6) is 0.348. The largest absolute Gasteiger partial charge is 0.320 e. The van der Waals surface area contributed by atoms with Gasteiger partial charge in [0, 0.05) is 26.3 Å². The SMILES string of the molecule is CCC(C)CN(C)S(=O)(=O)c1cnn(CCCNC)c1. The van der Waals surface area contributed by atoms with Crippen LogP contribution in [0.25, 0.3) is 0 Å². The molecule has 7 heteroatoms. The van der Waals surface area contributed by atoms with Gasteiger partial charge in [0.05, 0.1) is 6.20 Å². The Bertz CT molecular complexity index is 498. The Morgan fingerprint density at radius 2 is 2.20 bits per heavy atom. The van der Waals surface area contributed by atoms with Gasteiger partial charge in [-0.2, -0.15) is 5.10 Å². The first-order valence-electron chi connectivity index (χ1n) is 7.05. The van der Waals surface area contributed by atoms with Gasteiger partial charge < -0.3 is 5.32 Å². The molecule has 1 heterocycles. The van der Waals surface area contributed by atoms with E-state index in [9.17, 15) is 8.42 Å². The molecule has 0 aliphatic rings. The van der Waals surface area contributed by atoms with Gasteiger partial charge in [0.25, 0.3) is 0 Å². The topological polar surface area (TPSA) is 67.2 Å². The van der Waals surface area contributed by atoms with Crippen molar-refractivity contribution in [3.8, 4) is 0 Å². The van der Waals surface area contributed by atoms with Gasteiger partial charge in [0.2, 0.25) is 10.0 Å². The number of nitrogens with one attached hydrogen (secondary N) is 1. The molecule has 0 saturated heterocycles. The maximum Gasteiger partial charge on any atom is 0.245 e. The smallest absolute Gasteiger partial charge is 0.245 e. The van der Waals surface area contributed by atoms with Crippen LogP contribution in [0.4, 0.5) is 0 Å². The zero-order chi connectivity index (χ0) is 15.2. The summed E-state index contributed by atoms with van der Waals surface area (Å²) in [6.07, 6.45) is 4.92. The van der Waals surface area contributed by atoms with Crippen LogP contribution in [0.5, 0.6) is 0 Å².